The van der Waals surface area contributed by atoms with Gasteiger partial charge in [-0.25, -0.2) is 0 Å². The average molecular weight is 240 g/mol. The molecule has 0 aliphatic rings. The summed E-state index contributed by atoms with van der Waals surface area (Å²) in [6.45, 7) is 18.6. The molecule has 0 aromatic rings. The van der Waals surface area contributed by atoms with Crippen LogP contribution in [0.2, 0.25) is 0 Å². The summed E-state index contributed by atoms with van der Waals surface area (Å²) in [5.41, 5.74) is 2.48. The highest BCUT2D eigenvalue weighted by Gasteiger charge is 2.23. The molecule has 0 aromatic heterocycles. The summed E-state index contributed by atoms with van der Waals surface area (Å²) in [4.78, 5) is 0. The van der Waals surface area contributed by atoms with E-state index < -0.39 is 0 Å². The Morgan fingerprint density at radius 1 is 1.12 bits per heavy atom. The molecule has 0 rings (SSSR count). The molecule has 0 bridgehead atoms. The maximum absolute atomic E-state index is 12.6. The molecule has 0 saturated heterocycles. The van der Waals surface area contributed by atoms with Crippen LogP contribution in [0.4, 0.5) is 4.39 Å². The van der Waals surface area contributed by atoms with Crippen molar-refractivity contribution >= 4 is 0 Å². The molecule has 0 nitrogen and oxygen atoms in total. The van der Waals surface area contributed by atoms with Gasteiger partial charge >= 0.3 is 0 Å². The van der Waals surface area contributed by atoms with Gasteiger partial charge in [0.25, 0.3) is 0 Å². The minimum absolute atomic E-state index is 0.151. The second-order valence-corrected chi connectivity index (χ2v) is 5.97. The second kappa shape index (κ2) is 7.68. The van der Waals surface area contributed by atoms with E-state index in [-0.39, 0.29) is 12.6 Å². The van der Waals surface area contributed by atoms with Crippen LogP contribution in [0.25, 0.3) is 0 Å². The van der Waals surface area contributed by atoms with Crippen LogP contribution in [0.15, 0.2) is 24.3 Å². The van der Waals surface area contributed by atoms with E-state index in [2.05, 4.69) is 40.9 Å². The number of rotatable bonds is 8. The number of halogens is 1. The molecule has 0 heterocycles. The van der Waals surface area contributed by atoms with Gasteiger partial charge in [0.05, 0.1) is 6.67 Å². The molecule has 3 atom stereocenters. The summed E-state index contributed by atoms with van der Waals surface area (Å²) in [6, 6.07) is 0. The Balaban J connectivity index is 4.67. The maximum Gasteiger partial charge on any atom is 0.0920 e. The largest absolute Gasteiger partial charge is 0.251 e. The van der Waals surface area contributed by atoms with E-state index in [1.165, 1.54) is 11.1 Å². The van der Waals surface area contributed by atoms with Gasteiger partial charge in [0.15, 0.2) is 0 Å². The molecular weight excluding hydrogens is 211 g/mol. The van der Waals surface area contributed by atoms with Gasteiger partial charge in [-0.15, -0.1) is 6.58 Å². The molecule has 17 heavy (non-hydrogen) atoms. The summed E-state index contributed by atoms with van der Waals surface area (Å²) >= 11 is 0. The summed E-state index contributed by atoms with van der Waals surface area (Å²) in [5, 5.41) is 0. The Kier molecular flexibility index (Phi) is 7.41. The smallest absolute Gasteiger partial charge is 0.0920 e. The molecule has 0 aromatic carbocycles. The summed E-state index contributed by atoms with van der Waals surface area (Å²) in [5.74, 6) is 1.56. The Hall–Kier alpha value is -0.590. The molecule has 0 radical (unpaired) electrons. The van der Waals surface area contributed by atoms with Crippen LogP contribution in [0.3, 0.4) is 0 Å². The van der Waals surface area contributed by atoms with E-state index in [1.807, 2.05) is 6.92 Å². The molecule has 100 valence electrons. The maximum atomic E-state index is 12.6. The van der Waals surface area contributed by atoms with Gasteiger partial charge in [-0.2, -0.15) is 0 Å². The summed E-state index contributed by atoms with van der Waals surface area (Å²) < 4.78 is 12.6. The van der Waals surface area contributed by atoms with Crippen LogP contribution >= 0.6 is 0 Å². The Bertz CT molecular complexity index is 252. The first-order valence-electron chi connectivity index (χ1n) is 6.68. The number of hydrogen-bond donors (Lipinski definition) is 0. The molecule has 0 saturated carbocycles. The van der Waals surface area contributed by atoms with E-state index in [4.69, 9.17) is 0 Å². The summed E-state index contributed by atoms with van der Waals surface area (Å²) in [7, 11) is 0. The van der Waals surface area contributed by atoms with Crippen molar-refractivity contribution in [2.75, 3.05) is 6.67 Å². The van der Waals surface area contributed by atoms with Gasteiger partial charge in [0.1, 0.15) is 0 Å². The predicted octanol–water partition coefficient (Wildman–Crippen LogP) is 5.41. The Morgan fingerprint density at radius 2 is 1.65 bits per heavy atom. The van der Waals surface area contributed by atoms with Gasteiger partial charge in [-0.1, -0.05) is 45.4 Å². The zero-order valence-electron chi connectivity index (χ0n) is 12.2. The van der Waals surface area contributed by atoms with Crippen molar-refractivity contribution in [3.63, 3.8) is 0 Å². The third-order valence-electron chi connectivity index (χ3n) is 3.51. The van der Waals surface area contributed by atoms with Crippen LogP contribution in [-0.2, 0) is 0 Å². The topological polar surface area (TPSA) is 0 Å². The Labute approximate surface area is 107 Å². The lowest BCUT2D eigenvalue weighted by Crippen LogP contribution is -2.20. The fourth-order valence-corrected chi connectivity index (χ4v) is 2.36. The van der Waals surface area contributed by atoms with Crippen molar-refractivity contribution in [3.05, 3.63) is 24.3 Å². The zero-order chi connectivity index (χ0) is 13.6. The van der Waals surface area contributed by atoms with Crippen molar-refractivity contribution < 1.29 is 4.39 Å². The van der Waals surface area contributed by atoms with Crippen molar-refractivity contribution in [2.45, 2.75) is 47.5 Å². The van der Waals surface area contributed by atoms with Crippen LogP contribution in [0, 0.1) is 23.7 Å². The van der Waals surface area contributed by atoms with Crippen molar-refractivity contribution in [1.29, 1.82) is 0 Å². The minimum Gasteiger partial charge on any atom is -0.251 e. The summed E-state index contributed by atoms with van der Waals surface area (Å²) in [6.07, 6.45) is 1.91. The Morgan fingerprint density at radius 3 is 2.00 bits per heavy atom. The quantitative estimate of drug-likeness (QED) is 0.497. The highest BCUT2D eigenvalue weighted by Crippen LogP contribution is 2.33. The van der Waals surface area contributed by atoms with E-state index in [9.17, 15) is 4.39 Å². The van der Waals surface area contributed by atoms with E-state index in [0.29, 0.717) is 17.8 Å². The lowest BCUT2D eigenvalue weighted by atomic mass is 9.76. The van der Waals surface area contributed by atoms with Crippen molar-refractivity contribution in [1.82, 2.24) is 0 Å². The molecule has 0 aliphatic heterocycles. The minimum atomic E-state index is -0.224. The van der Waals surface area contributed by atoms with Gasteiger partial charge in [-0.3, -0.25) is 4.39 Å². The molecule has 0 N–H and O–H groups in total. The van der Waals surface area contributed by atoms with Gasteiger partial charge in [-0.05, 0) is 43.4 Å². The zero-order valence-corrected chi connectivity index (χ0v) is 12.2. The lowest BCUT2D eigenvalue weighted by Gasteiger charge is -2.29. The van der Waals surface area contributed by atoms with Gasteiger partial charge < -0.3 is 0 Å². The first-order chi connectivity index (χ1) is 7.79. The molecule has 0 fully saturated rings. The second-order valence-electron chi connectivity index (χ2n) is 5.97. The van der Waals surface area contributed by atoms with Crippen LogP contribution in [0.5, 0.6) is 0 Å². The number of alkyl halides is 1. The van der Waals surface area contributed by atoms with Gasteiger partial charge in [0, 0.05) is 0 Å². The fourth-order valence-electron chi connectivity index (χ4n) is 2.36. The van der Waals surface area contributed by atoms with Crippen LogP contribution < -0.4 is 0 Å². The standard InChI is InChI=1S/C16H29F/c1-11(2)8-16(15(7)12(3)4)14(6)9-13(5)10-17/h12-14,16H,1,7-10H2,2-6H3. The third-order valence-corrected chi connectivity index (χ3v) is 3.51. The molecule has 0 amide bonds. The van der Waals surface area contributed by atoms with E-state index in [1.54, 1.807) is 0 Å². The monoisotopic (exact) mass is 240 g/mol. The van der Waals surface area contributed by atoms with Crippen LogP contribution in [0.1, 0.15) is 47.5 Å². The molecule has 3 unspecified atom stereocenters. The van der Waals surface area contributed by atoms with E-state index in [0.717, 1.165) is 12.8 Å². The highest BCUT2D eigenvalue weighted by atomic mass is 19.1. The molecule has 0 spiro atoms. The van der Waals surface area contributed by atoms with Crippen molar-refractivity contribution in [3.8, 4) is 0 Å². The highest BCUT2D eigenvalue weighted by molar-refractivity contribution is 5.09. The molecule has 1 heteroatoms. The lowest BCUT2D eigenvalue weighted by molar-refractivity contribution is 0.274. The molecular formula is C16H29F. The number of allylic oxidation sites excluding steroid dienone is 2. The van der Waals surface area contributed by atoms with E-state index >= 15 is 0 Å². The fraction of sp³-hybridized carbons (Fsp3) is 0.750. The normalized spacial score (nSPS) is 16.6. The number of hydrogen-bond acceptors (Lipinski definition) is 0. The van der Waals surface area contributed by atoms with Crippen molar-refractivity contribution in [2.24, 2.45) is 23.7 Å². The SMILES string of the molecule is C=C(C)CC(C(=C)C(C)C)C(C)CC(C)CF. The van der Waals surface area contributed by atoms with Gasteiger partial charge in [0.2, 0.25) is 0 Å². The first-order valence-corrected chi connectivity index (χ1v) is 6.68. The first kappa shape index (κ1) is 16.4. The third kappa shape index (κ3) is 6.05. The predicted molar refractivity (Wildman–Crippen MR) is 75.8 cm³/mol. The average Bonchev–Trinajstić information content (AvgIpc) is 2.24. The molecule has 0 aliphatic carbocycles. The van der Waals surface area contributed by atoms with Crippen LogP contribution in [-0.4, -0.2) is 6.67 Å².